The Morgan fingerprint density at radius 2 is 1.74 bits per heavy atom. The number of hydrogen-bond acceptors (Lipinski definition) is 4. The summed E-state index contributed by atoms with van der Waals surface area (Å²) in [5.41, 5.74) is 11.1. The average Bonchev–Trinajstić information content (AvgIpc) is 2.55. The molecule has 1 fully saturated rings. The summed E-state index contributed by atoms with van der Waals surface area (Å²) in [6.45, 7) is 11.7. The second kappa shape index (κ2) is 7.21. The van der Waals surface area contributed by atoms with Gasteiger partial charge in [0.15, 0.2) is 6.10 Å². The lowest BCUT2D eigenvalue weighted by molar-refractivity contribution is -0.128. The van der Waals surface area contributed by atoms with Gasteiger partial charge in [-0.25, -0.2) is 0 Å². The lowest BCUT2D eigenvalue weighted by atomic mass is 9.97. The van der Waals surface area contributed by atoms with Crippen molar-refractivity contribution in [3.05, 3.63) is 22.3 Å². The summed E-state index contributed by atoms with van der Waals surface area (Å²) < 4.78 is 5.99. The van der Waals surface area contributed by atoms with Crippen LogP contribution in [-0.4, -0.2) is 31.1 Å². The van der Waals surface area contributed by atoms with E-state index in [1.54, 1.807) is 6.92 Å². The fourth-order valence-electron chi connectivity index (χ4n) is 3.03. The van der Waals surface area contributed by atoms with Gasteiger partial charge in [0.1, 0.15) is 5.75 Å². The number of ether oxygens (including phenoxy) is 1. The molecule has 128 valence electrons. The van der Waals surface area contributed by atoms with Crippen LogP contribution in [0.2, 0.25) is 0 Å². The maximum absolute atomic E-state index is 12.4. The Morgan fingerprint density at radius 3 is 2.35 bits per heavy atom. The van der Waals surface area contributed by atoms with E-state index in [9.17, 15) is 4.79 Å². The molecule has 2 rings (SSSR count). The van der Waals surface area contributed by atoms with E-state index >= 15 is 0 Å². The number of benzene rings is 1. The van der Waals surface area contributed by atoms with Crippen LogP contribution in [0.25, 0.3) is 0 Å². The molecule has 1 atom stereocenters. The highest BCUT2D eigenvalue weighted by atomic mass is 16.5. The molecule has 1 heterocycles. The summed E-state index contributed by atoms with van der Waals surface area (Å²) in [4.78, 5) is 12.4. The van der Waals surface area contributed by atoms with Gasteiger partial charge in [-0.05, 0) is 77.2 Å². The number of carbonyl (C=O) groups excluding carboxylic acids is 1. The summed E-state index contributed by atoms with van der Waals surface area (Å²) in [7, 11) is 0. The molecule has 1 unspecified atom stereocenters. The van der Waals surface area contributed by atoms with Crippen LogP contribution >= 0.6 is 0 Å². The number of piperidine rings is 1. The number of nitrogens with one attached hydrogen (secondary N) is 2. The number of hydrogen-bond donors (Lipinski definition) is 3. The average molecular weight is 319 g/mol. The van der Waals surface area contributed by atoms with Crippen molar-refractivity contribution in [3.8, 4) is 5.75 Å². The molecule has 5 heteroatoms. The smallest absolute Gasteiger partial charge is 0.260 e. The zero-order chi connectivity index (χ0) is 17.1. The van der Waals surface area contributed by atoms with Crippen molar-refractivity contribution in [2.24, 2.45) is 0 Å². The van der Waals surface area contributed by atoms with Crippen LogP contribution in [0.5, 0.6) is 5.75 Å². The summed E-state index contributed by atoms with van der Waals surface area (Å²) in [6, 6.07) is 0.238. The quantitative estimate of drug-likeness (QED) is 0.743. The summed E-state index contributed by atoms with van der Waals surface area (Å²) >= 11 is 0. The van der Waals surface area contributed by atoms with Gasteiger partial charge in [0.05, 0.1) is 0 Å². The van der Waals surface area contributed by atoms with E-state index < -0.39 is 6.10 Å². The van der Waals surface area contributed by atoms with Gasteiger partial charge in [-0.15, -0.1) is 0 Å². The Labute approximate surface area is 139 Å². The van der Waals surface area contributed by atoms with Crippen LogP contribution in [0, 0.1) is 27.7 Å². The molecule has 0 bridgehead atoms. The van der Waals surface area contributed by atoms with Crippen LogP contribution in [0.15, 0.2) is 0 Å². The first-order chi connectivity index (χ1) is 10.8. The van der Waals surface area contributed by atoms with Crippen molar-refractivity contribution in [2.45, 2.75) is 59.6 Å². The maximum Gasteiger partial charge on any atom is 0.260 e. The third-order valence-corrected chi connectivity index (χ3v) is 4.96. The van der Waals surface area contributed by atoms with Crippen LogP contribution in [-0.2, 0) is 4.79 Å². The molecule has 0 aliphatic carbocycles. The van der Waals surface area contributed by atoms with Gasteiger partial charge < -0.3 is 21.1 Å². The molecule has 5 nitrogen and oxygen atoms in total. The molecule has 0 spiro atoms. The number of rotatable bonds is 4. The Hall–Kier alpha value is -1.75. The fraction of sp³-hybridized carbons (Fsp3) is 0.611. The molecule has 0 aromatic heterocycles. The predicted molar refractivity (Wildman–Crippen MR) is 93.9 cm³/mol. The van der Waals surface area contributed by atoms with Crippen LogP contribution < -0.4 is 21.1 Å². The van der Waals surface area contributed by atoms with Gasteiger partial charge >= 0.3 is 0 Å². The topological polar surface area (TPSA) is 76.4 Å². The first-order valence-corrected chi connectivity index (χ1v) is 8.36. The fourth-order valence-corrected chi connectivity index (χ4v) is 3.03. The Morgan fingerprint density at radius 1 is 1.13 bits per heavy atom. The first kappa shape index (κ1) is 17.6. The lowest BCUT2D eigenvalue weighted by Crippen LogP contribution is -2.47. The second-order valence-electron chi connectivity index (χ2n) is 6.54. The van der Waals surface area contributed by atoms with Gasteiger partial charge in [0.2, 0.25) is 0 Å². The Kier molecular flexibility index (Phi) is 5.52. The molecule has 1 amide bonds. The van der Waals surface area contributed by atoms with E-state index in [0.717, 1.165) is 59.6 Å². The molecular weight excluding hydrogens is 290 g/mol. The summed E-state index contributed by atoms with van der Waals surface area (Å²) in [5, 5.41) is 6.38. The molecule has 1 aliphatic heterocycles. The predicted octanol–water partition coefficient (Wildman–Crippen LogP) is 2.14. The third-order valence-electron chi connectivity index (χ3n) is 4.96. The van der Waals surface area contributed by atoms with Crippen LogP contribution in [0.1, 0.15) is 42.0 Å². The first-order valence-electron chi connectivity index (χ1n) is 8.36. The normalized spacial score (nSPS) is 16.9. The molecule has 4 N–H and O–H groups in total. The minimum Gasteiger partial charge on any atom is -0.480 e. The monoisotopic (exact) mass is 319 g/mol. The highest BCUT2D eigenvalue weighted by Crippen LogP contribution is 2.34. The van der Waals surface area contributed by atoms with E-state index in [2.05, 4.69) is 10.6 Å². The number of amides is 1. The third kappa shape index (κ3) is 3.78. The van der Waals surface area contributed by atoms with Crippen LogP contribution in [0.3, 0.4) is 0 Å². The van der Waals surface area contributed by atoms with Gasteiger partial charge in [-0.2, -0.15) is 0 Å². The molecule has 1 aromatic carbocycles. The van der Waals surface area contributed by atoms with Crippen molar-refractivity contribution in [1.29, 1.82) is 0 Å². The standard InChI is InChI=1S/C18H29N3O2/c1-10-11(2)16(19)13(4)17(12(10)3)23-14(5)18(22)21-15-6-8-20-9-7-15/h14-15,20H,6-9,19H2,1-5H3,(H,21,22). The zero-order valence-electron chi connectivity index (χ0n) is 14.9. The van der Waals surface area contributed by atoms with Crippen molar-refractivity contribution in [1.82, 2.24) is 10.6 Å². The minimum absolute atomic E-state index is 0.0625. The van der Waals surface area contributed by atoms with E-state index in [1.807, 2.05) is 27.7 Å². The van der Waals surface area contributed by atoms with Crippen molar-refractivity contribution in [2.75, 3.05) is 18.8 Å². The van der Waals surface area contributed by atoms with Gasteiger partial charge in [-0.3, -0.25) is 4.79 Å². The van der Waals surface area contributed by atoms with E-state index in [4.69, 9.17) is 10.5 Å². The maximum atomic E-state index is 12.4. The number of nitrogens with two attached hydrogens (primary N) is 1. The van der Waals surface area contributed by atoms with Crippen LogP contribution in [0.4, 0.5) is 5.69 Å². The number of nitrogen functional groups attached to an aromatic ring is 1. The Balaban J connectivity index is 2.10. The summed E-state index contributed by atoms with van der Waals surface area (Å²) in [5.74, 6) is 0.672. The van der Waals surface area contributed by atoms with E-state index in [0.29, 0.717) is 0 Å². The molecule has 1 aromatic rings. The zero-order valence-corrected chi connectivity index (χ0v) is 14.9. The molecule has 0 saturated carbocycles. The molecular formula is C18H29N3O2. The molecule has 1 aliphatic rings. The molecule has 0 radical (unpaired) electrons. The highest BCUT2D eigenvalue weighted by Gasteiger charge is 2.23. The summed E-state index contributed by atoms with van der Waals surface area (Å²) in [6.07, 6.45) is 1.39. The van der Waals surface area contributed by atoms with Crippen molar-refractivity contribution in [3.63, 3.8) is 0 Å². The van der Waals surface area contributed by atoms with E-state index in [-0.39, 0.29) is 11.9 Å². The number of carbonyl (C=O) groups is 1. The number of anilines is 1. The van der Waals surface area contributed by atoms with Crippen molar-refractivity contribution < 1.29 is 9.53 Å². The highest BCUT2D eigenvalue weighted by molar-refractivity contribution is 5.81. The lowest BCUT2D eigenvalue weighted by Gasteiger charge is -2.26. The van der Waals surface area contributed by atoms with Gasteiger partial charge in [0, 0.05) is 17.3 Å². The second-order valence-corrected chi connectivity index (χ2v) is 6.54. The molecule has 1 saturated heterocycles. The van der Waals surface area contributed by atoms with Gasteiger partial charge in [0.25, 0.3) is 5.91 Å². The largest absolute Gasteiger partial charge is 0.480 e. The van der Waals surface area contributed by atoms with Crippen molar-refractivity contribution >= 4 is 11.6 Å². The minimum atomic E-state index is -0.538. The SMILES string of the molecule is Cc1c(C)c(N)c(C)c(OC(C)C(=O)NC2CCNCC2)c1C. The van der Waals surface area contributed by atoms with E-state index in [1.165, 1.54) is 0 Å². The Bertz CT molecular complexity index is 563. The molecule has 23 heavy (non-hydrogen) atoms. The van der Waals surface area contributed by atoms with Gasteiger partial charge in [-0.1, -0.05) is 0 Å².